The first-order chi connectivity index (χ1) is 18.2. The van der Waals surface area contributed by atoms with Gasteiger partial charge in [-0.1, -0.05) is 59.6 Å². The van der Waals surface area contributed by atoms with Crippen LogP contribution in [0.3, 0.4) is 0 Å². The molecule has 3 rings (SSSR count). The molecule has 39 heavy (non-hydrogen) atoms. The Morgan fingerprint density at radius 3 is 2.08 bits per heavy atom. The molecule has 3 aromatic carbocycles. The van der Waals surface area contributed by atoms with Crippen molar-refractivity contribution in [1.29, 1.82) is 0 Å². The second kappa shape index (κ2) is 12.4. The van der Waals surface area contributed by atoms with E-state index < -0.39 is 40.0 Å². The first-order valence-corrected chi connectivity index (χ1v) is 14.6. The van der Waals surface area contributed by atoms with Crippen molar-refractivity contribution in [3.05, 3.63) is 94.0 Å². The Bertz CT molecular complexity index is 1420. The molecule has 2 amide bonds. The number of hydrogen-bond acceptors (Lipinski definition) is 4. The van der Waals surface area contributed by atoms with E-state index in [9.17, 15) is 18.0 Å². The zero-order valence-electron chi connectivity index (χ0n) is 22.6. The van der Waals surface area contributed by atoms with E-state index >= 15 is 0 Å². The van der Waals surface area contributed by atoms with Gasteiger partial charge in [-0.25, -0.2) is 8.42 Å². The van der Waals surface area contributed by atoms with Crippen LogP contribution in [0.5, 0.6) is 0 Å². The molecular weight excluding hydrogens is 557 g/mol. The summed E-state index contributed by atoms with van der Waals surface area (Å²) < 4.78 is 28.7. The summed E-state index contributed by atoms with van der Waals surface area (Å²) in [4.78, 5) is 28.5. The lowest BCUT2D eigenvalue weighted by atomic mass is 10.1. The van der Waals surface area contributed by atoms with Gasteiger partial charge in [0.15, 0.2) is 0 Å². The summed E-state index contributed by atoms with van der Waals surface area (Å²) in [5.41, 5.74) is 1.06. The number of halogens is 2. The van der Waals surface area contributed by atoms with E-state index in [1.165, 1.54) is 17.0 Å². The lowest BCUT2D eigenvalue weighted by Gasteiger charge is -2.34. The Balaban J connectivity index is 2.07. The number of nitrogens with zero attached hydrogens (tertiary/aromatic N) is 2. The van der Waals surface area contributed by atoms with Crippen LogP contribution in [0, 0.1) is 6.92 Å². The topological polar surface area (TPSA) is 86.8 Å². The van der Waals surface area contributed by atoms with Crippen LogP contribution in [0.4, 0.5) is 5.69 Å². The third-order valence-corrected chi connectivity index (χ3v) is 8.45. The predicted molar refractivity (Wildman–Crippen MR) is 157 cm³/mol. The molecule has 0 bridgehead atoms. The van der Waals surface area contributed by atoms with Gasteiger partial charge in [-0.15, -0.1) is 0 Å². The molecular formula is C29H33Cl2N3O4S. The normalized spacial score (nSPS) is 12.5. The van der Waals surface area contributed by atoms with Gasteiger partial charge in [0.2, 0.25) is 11.8 Å². The minimum atomic E-state index is -4.13. The highest BCUT2D eigenvalue weighted by Gasteiger charge is 2.34. The highest BCUT2D eigenvalue weighted by molar-refractivity contribution is 7.92. The number of benzene rings is 3. The average molecular weight is 591 g/mol. The standard InChI is InChI=1S/C29H33Cl2N3O4S/c1-20-11-9-12-22(17-20)34(39(37,38)23-13-7-6-8-14-23)19-27(35)33(21(2)28(36)32-29(3,4)5)18-24-25(30)15-10-16-26(24)31/h6-17,21H,18-19H2,1-5H3,(H,32,36)/t21-/m1/s1. The molecule has 0 radical (unpaired) electrons. The number of carbonyl (C=O) groups excluding carboxylic acids is 2. The molecule has 10 heteroatoms. The van der Waals surface area contributed by atoms with Crippen molar-refractivity contribution in [3.63, 3.8) is 0 Å². The zero-order chi connectivity index (χ0) is 29.0. The molecule has 3 aromatic rings. The fraction of sp³-hybridized carbons (Fsp3) is 0.310. The number of rotatable bonds is 9. The van der Waals surface area contributed by atoms with Crippen molar-refractivity contribution in [2.45, 2.75) is 57.6 Å². The van der Waals surface area contributed by atoms with Crippen molar-refractivity contribution >= 4 is 50.7 Å². The number of hydrogen-bond donors (Lipinski definition) is 1. The highest BCUT2D eigenvalue weighted by atomic mass is 35.5. The predicted octanol–water partition coefficient (Wildman–Crippen LogP) is 5.83. The quantitative estimate of drug-likeness (QED) is 0.340. The third kappa shape index (κ3) is 7.75. The van der Waals surface area contributed by atoms with E-state index in [1.54, 1.807) is 61.5 Å². The molecule has 0 heterocycles. The van der Waals surface area contributed by atoms with Gasteiger partial charge in [-0.2, -0.15) is 0 Å². The number of carbonyl (C=O) groups is 2. The van der Waals surface area contributed by atoms with Gasteiger partial charge in [0.1, 0.15) is 12.6 Å². The number of aryl methyl sites for hydroxylation is 1. The minimum absolute atomic E-state index is 0.0403. The van der Waals surface area contributed by atoms with E-state index in [1.807, 2.05) is 33.8 Å². The van der Waals surface area contributed by atoms with E-state index in [2.05, 4.69) is 5.32 Å². The van der Waals surface area contributed by atoms with Crippen molar-refractivity contribution in [2.24, 2.45) is 0 Å². The fourth-order valence-electron chi connectivity index (χ4n) is 3.94. The maximum absolute atomic E-state index is 14.0. The van der Waals surface area contributed by atoms with Crippen molar-refractivity contribution in [3.8, 4) is 0 Å². The van der Waals surface area contributed by atoms with E-state index in [4.69, 9.17) is 23.2 Å². The summed E-state index contributed by atoms with van der Waals surface area (Å²) in [7, 11) is -4.13. The molecule has 1 N–H and O–H groups in total. The molecule has 1 atom stereocenters. The van der Waals surface area contributed by atoms with Gasteiger partial charge in [0, 0.05) is 27.7 Å². The molecule has 0 saturated carbocycles. The summed E-state index contributed by atoms with van der Waals surface area (Å²) in [6.07, 6.45) is 0. The van der Waals surface area contributed by atoms with E-state index in [-0.39, 0.29) is 11.4 Å². The van der Waals surface area contributed by atoms with Crippen LogP contribution in [0.15, 0.2) is 77.7 Å². The van der Waals surface area contributed by atoms with Crippen LogP contribution in [0.1, 0.15) is 38.8 Å². The van der Waals surface area contributed by atoms with Gasteiger partial charge in [-0.3, -0.25) is 13.9 Å². The fourth-order valence-corrected chi connectivity index (χ4v) is 5.89. The van der Waals surface area contributed by atoms with Crippen LogP contribution < -0.4 is 9.62 Å². The van der Waals surface area contributed by atoms with Crippen LogP contribution in [0.2, 0.25) is 10.0 Å². The lowest BCUT2D eigenvalue weighted by molar-refractivity contribution is -0.140. The molecule has 0 fully saturated rings. The Morgan fingerprint density at radius 1 is 0.923 bits per heavy atom. The number of anilines is 1. The van der Waals surface area contributed by atoms with Gasteiger partial charge >= 0.3 is 0 Å². The Labute approximate surface area is 240 Å². The molecule has 0 aromatic heterocycles. The summed E-state index contributed by atoms with van der Waals surface area (Å²) in [6.45, 7) is 8.29. The molecule has 208 valence electrons. The molecule has 7 nitrogen and oxygen atoms in total. The first-order valence-electron chi connectivity index (χ1n) is 12.4. The van der Waals surface area contributed by atoms with Crippen molar-refractivity contribution < 1.29 is 18.0 Å². The molecule has 0 aliphatic heterocycles. The van der Waals surface area contributed by atoms with E-state index in [0.717, 1.165) is 9.87 Å². The zero-order valence-corrected chi connectivity index (χ0v) is 24.9. The van der Waals surface area contributed by atoms with Gasteiger partial charge in [0.25, 0.3) is 10.0 Å². The molecule has 0 saturated heterocycles. The highest BCUT2D eigenvalue weighted by Crippen LogP contribution is 2.28. The summed E-state index contributed by atoms with van der Waals surface area (Å²) >= 11 is 12.8. The summed E-state index contributed by atoms with van der Waals surface area (Å²) in [5, 5.41) is 3.55. The second-order valence-corrected chi connectivity index (χ2v) is 13.0. The average Bonchev–Trinajstić information content (AvgIpc) is 2.86. The monoisotopic (exact) mass is 589 g/mol. The largest absolute Gasteiger partial charge is 0.350 e. The molecule has 0 aliphatic rings. The number of amides is 2. The maximum Gasteiger partial charge on any atom is 0.264 e. The Morgan fingerprint density at radius 2 is 1.51 bits per heavy atom. The molecule has 0 aliphatic carbocycles. The molecule has 0 unspecified atom stereocenters. The minimum Gasteiger partial charge on any atom is -0.350 e. The van der Waals surface area contributed by atoms with E-state index in [0.29, 0.717) is 21.3 Å². The number of sulfonamides is 1. The van der Waals surface area contributed by atoms with Crippen molar-refractivity contribution in [2.75, 3.05) is 10.8 Å². The van der Waals surface area contributed by atoms with Crippen LogP contribution in [-0.4, -0.2) is 43.3 Å². The first kappa shape index (κ1) is 30.5. The molecule has 0 spiro atoms. The van der Waals surface area contributed by atoms with Crippen LogP contribution in [0.25, 0.3) is 0 Å². The SMILES string of the molecule is Cc1cccc(N(CC(=O)N(Cc2c(Cl)cccc2Cl)[C@H](C)C(=O)NC(C)(C)C)S(=O)(=O)c2ccccc2)c1. The van der Waals surface area contributed by atoms with Crippen LogP contribution >= 0.6 is 23.2 Å². The Kier molecular flexibility index (Phi) is 9.69. The second-order valence-electron chi connectivity index (χ2n) is 10.3. The smallest absolute Gasteiger partial charge is 0.264 e. The van der Waals surface area contributed by atoms with Crippen molar-refractivity contribution in [1.82, 2.24) is 10.2 Å². The van der Waals surface area contributed by atoms with Gasteiger partial charge in [-0.05, 0) is 76.6 Å². The Hall–Kier alpha value is -3.07. The number of nitrogens with one attached hydrogen (secondary N) is 1. The summed E-state index contributed by atoms with van der Waals surface area (Å²) in [5.74, 6) is -0.990. The van der Waals surface area contributed by atoms with Gasteiger partial charge in [0.05, 0.1) is 10.6 Å². The lowest BCUT2D eigenvalue weighted by Crippen LogP contribution is -2.54. The summed E-state index contributed by atoms with van der Waals surface area (Å²) in [6, 6.07) is 18.8. The maximum atomic E-state index is 14.0. The van der Waals surface area contributed by atoms with Crippen LogP contribution in [-0.2, 0) is 26.2 Å². The van der Waals surface area contributed by atoms with Gasteiger partial charge < -0.3 is 10.2 Å². The third-order valence-electron chi connectivity index (χ3n) is 5.96.